The maximum atomic E-state index is 12.3. The molecule has 2 aromatic carbocycles. The molecule has 0 bridgehead atoms. The Balaban J connectivity index is 1.83. The number of carbonyl (C=O) groups excluding carboxylic acids is 1. The van der Waals surface area contributed by atoms with Crippen molar-refractivity contribution in [1.29, 1.82) is 0 Å². The van der Waals surface area contributed by atoms with Crippen molar-refractivity contribution >= 4 is 17.8 Å². The summed E-state index contributed by atoms with van der Waals surface area (Å²) in [6.45, 7) is -1.11. The molecule has 0 aromatic heterocycles. The van der Waals surface area contributed by atoms with Gasteiger partial charge in [-0.1, -0.05) is 30.6 Å². The second-order valence-corrected chi connectivity index (χ2v) is 5.79. The summed E-state index contributed by atoms with van der Waals surface area (Å²) in [5.41, 5.74) is 2.42. The number of methoxy groups -OCH3 is 1. The number of hydrogen-bond acceptors (Lipinski definition) is 5. The molecule has 2 rings (SSSR count). The Labute approximate surface area is 162 Å². The second-order valence-electron chi connectivity index (χ2n) is 5.79. The molecule has 0 fully saturated rings. The quantitative estimate of drug-likeness (QED) is 0.485. The summed E-state index contributed by atoms with van der Waals surface area (Å²) in [4.78, 5) is 16.8. The van der Waals surface area contributed by atoms with Crippen molar-refractivity contribution in [2.24, 2.45) is 5.16 Å². The van der Waals surface area contributed by atoms with Crippen molar-refractivity contribution in [3.05, 3.63) is 53.6 Å². The third kappa shape index (κ3) is 6.86. The molecular formula is C20H22F2N2O4. The van der Waals surface area contributed by atoms with Crippen LogP contribution in [0.2, 0.25) is 0 Å². The van der Waals surface area contributed by atoms with Crippen LogP contribution < -0.4 is 14.8 Å². The lowest BCUT2D eigenvalue weighted by atomic mass is 10.1. The van der Waals surface area contributed by atoms with Gasteiger partial charge in [-0.25, -0.2) is 0 Å². The summed E-state index contributed by atoms with van der Waals surface area (Å²) in [5, 5.41) is 6.41. The number of anilines is 1. The number of amides is 1. The monoisotopic (exact) mass is 392 g/mol. The molecule has 0 aliphatic heterocycles. The maximum absolute atomic E-state index is 12.3. The van der Waals surface area contributed by atoms with Gasteiger partial charge in [-0.15, -0.1) is 0 Å². The van der Waals surface area contributed by atoms with Gasteiger partial charge in [0.15, 0.2) is 18.1 Å². The molecule has 0 heterocycles. The number of nitrogens with zero attached hydrogens (tertiary/aromatic N) is 1. The van der Waals surface area contributed by atoms with Gasteiger partial charge >= 0.3 is 6.61 Å². The van der Waals surface area contributed by atoms with Crippen LogP contribution in [0, 0.1) is 0 Å². The van der Waals surface area contributed by atoms with Crippen molar-refractivity contribution in [3.8, 4) is 11.5 Å². The Morgan fingerprint density at radius 1 is 1.18 bits per heavy atom. The molecule has 150 valence electrons. The lowest BCUT2D eigenvalue weighted by Crippen LogP contribution is -2.16. The molecule has 1 N–H and O–H groups in total. The average molecular weight is 392 g/mol. The first kappa shape index (κ1) is 21.1. The lowest BCUT2D eigenvalue weighted by Gasteiger charge is -2.09. The molecule has 0 aliphatic carbocycles. The predicted molar refractivity (Wildman–Crippen MR) is 102 cm³/mol. The molecule has 0 saturated carbocycles. The van der Waals surface area contributed by atoms with E-state index in [-0.39, 0.29) is 24.0 Å². The Hall–Kier alpha value is -3.16. The van der Waals surface area contributed by atoms with Gasteiger partial charge < -0.3 is 19.6 Å². The van der Waals surface area contributed by atoms with Crippen molar-refractivity contribution in [2.45, 2.75) is 26.4 Å². The number of carbonyl (C=O) groups is 1. The van der Waals surface area contributed by atoms with Crippen LogP contribution in [0.25, 0.3) is 0 Å². The molecule has 8 heteroatoms. The Kier molecular flexibility index (Phi) is 8.20. The topological polar surface area (TPSA) is 69.2 Å². The van der Waals surface area contributed by atoms with Crippen LogP contribution in [-0.4, -0.2) is 32.4 Å². The van der Waals surface area contributed by atoms with Gasteiger partial charge in [0.25, 0.3) is 5.91 Å². The van der Waals surface area contributed by atoms with Crippen molar-refractivity contribution in [3.63, 3.8) is 0 Å². The van der Waals surface area contributed by atoms with Gasteiger partial charge in [0.2, 0.25) is 0 Å². The number of ether oxygens (including phenoxy) is 2. The minimum atomic E-state index is -2.95. The van der Waals surface area contributed by atoms with Gasteiger partial charge in [0.05, 0.1) is 13.3 Å². The summed E-state index contributed by atoms with van der Waals surface area (Å²) in [5.74, 6) is -0.299. The smallest absolute Gasteiger partial charge is 0.387 e. The van der Waals surface area contributed by atoms with Crippen molar-refractivity contribution in [2.75, 3.05) is 19.0 Å². The summed E-state index contributed by atoms with van der Waals surface area (Å²) in [6.07, 6.45) is 3.39. The first-order chi connectivity index (χ1) is 13.5. The number of oxime groups is 1. The van der Waals surface area contributed by atoms with Gasteiger partial charge in [-0.2, -0.15) is 8.78 Å². The molecular weight excluding hydrogens is 370 g/mol. The molecule has 0 saturated heterocycles. The first-order valence-electron chi connectivity index (χ1n) is 8.68. The molecule has 6 nitrogen and oxygen atoms in total. The van der Waals surface area contributed by atoms with E-state index in [1.807, 2.05) is 24.3 Å². The van der Waals surface area contributed by atoms with Crippen LogP contribution in [0.3, 0.4) is 0 Å². The van der Waals surface area contributed by atoms with Crippen molar-refractivity contribution < 1.29 is 27.9 Å². The number of hydrogen-bond donors (Lipinski definition) is 1. The van der Waals surface area contributed by atoms with E-state index in [9.17, 15) is 13.6 Å². The number of nitrogens with one attached hydrogen (secondary N) is 1. The highest BCUT2D eigenvalue weighted by Crippen LogP contribution is 2.28. The van der Waals surface area contributed by atoms with Crippen LogP contribution >= 0.6 is 0 Å². The number of rotatable bonds is 10. The summed E-state index contributed by atoms with van der Waals surface area (Å²) in [7, 11) is 1.34. The minimum Gasteiger partial charge on any atom is -0.493 e. The van der Waals surface area contributed by atoms with Crippen LogP contribution in [-0.2, 0) is 16.1 Å². The van der Waals surface area contributed by atoms with E-state index in [0.717, 1.165) is 12.8 Å². The van der Waals surface area contributed by atoms with E-state index in [1.54, 1.807) is 0 Å². The van der Waals surface area contributed by atoms with Crippen molar-refractivity contribution in [1.82, 2.24) is 0 Å². The highest BCUT2D eigenvalue weighted by atomic mass is 19.3. The van der Waals surface area contributed by atoms with Crippen LogP contribution in [0.4, 0.5) is 14.5 Å². The number of halogens is 2. The Morgan fingerprint density at radius 3 is 2.57 bits per heavy atom. The van der Waals surface area contributed by atoms with E-state index in [0.29, 0.717) is 11.3 Å². The second kappa shape index (κ2) is 10.9. The summed E-state index contributed by atoms with van der Waals surface area (Å²) < 4.78 is 34.0. The molecule has 0 aliphatic rings. The third-order valence-electron chi connectivity index (χ3n) is 3.65. The van der Waals surface area contributed by atoms with E-state index < -0.39 is 6.61 Å². The molecule has 0 atom stereocenters. The molecule has 0 radical (unpaired) electrons. The first-order valence-corrected chi connectivity index (χ1v) is 8.68. The standard InChI is InChI=1S/C20H22F2N2O4/c1-3-4-14-5-8-16(9-6-14)24-19(25)13-27-23-12-15-7-10-17(28-20(21)22)18(11-15)26-2/h5-12,20H,3-4,13H2,1-2H3,(H,24,25)/b23-12+. The molecule has 0 spiro atoms. The van der Waals surface area contributed by atoms with Crippen LogP contribution in [0.5, 0.6) is 11.5 Å². The highest BCUT2D eigenvalue weighted by Gasteiger charge is 2.10. The lowest BCUT2D eigenvalue weighted by molar-refractivity contribution is -0.120. The van der Waals surface area contributed by atoms with Gasteiger partial charge in [-0.3, -0.25) is 4.79 Å². The number of alkyl halides is 2. The molecule has 1 amide bonds. The fraction of sp³-hybridized carbons (Fsp3) is 0.300. The van der Waals surface area contributed by atoms with E-state index >= 15 is 0 Å². The summed E-state index contributed by atoms with van der Waals surface area (Å²) >= 11 is 0. The largest absolute Gasteiger partial charge is 0.493 e. The minimum absolute atomic E-state index is 0.0834. The van der Waals surface area contributed by atoms with Crippen LogP contribution in [0.1, 0.15) is 24.5 Å². The normalized spacial score (nSPS) is 10.9. The maximum Gasteiger partial charge on any atom is 0.387 e. The molecule has 0 unspecified atom stereocenters. The zero-order valence-electron chi connectivity index (χ0n) is 15.7. The third-order valence-corrected chi connectivity index (χ3v) is 3.65. The Morgan fingerprint density at radius 2 is 1.93 bits per heavy atom. The SMILES string of the molecule is CCCc1ccc(NC(=O)CO/N=C/c2ccc(OC(F)F)c(OC)c2)cc1. The van der Waals surface area contributed by atoms with Gasteiger partial charge in [0.1, 0.15) is 0 Å². The van der Waals surface area contributed by atoms with E-state index in [4.69, 9.17) is 9.57 Å². The van der Waals surface area contributed by atoms with Gasteiger partial charge in [0, 0.05) is 11.3 Å². The van der Waals surface area contributed by atoms with E-state index in [1.165, 1.54) is 37.1 Å². The highest BCUT2D eigenvalue weighted by molar-refractivity contribution is 5.91. The van der Waals surface area contributed by atoms with Gasteiger partial charge in [-0.05, 0) is 42.3 Å². The number of aryl methyl sites for hydroxylation is 1. The molecule has 28 heavy (non-hydrogen) atoms. The van der Waals surface area contributed by atoms with E-state index in [2.05, 4.69) is 22.1 Å². The average Bonchev–Trinajstić information content (AvgIpc) is 2.67. The Bertz CT molecular complexity index is 795. The fourth-order valence-electron chi connectivity index (χ4n) is 2.39. The predicted octanol–water partition coefficient (Wildman–Crippen LogP) is 4.24. The van der Waals surface area contributed by atoms with Crippen LogP contribution in [0.15, 0.2) is 47.6 Å². The fourth-order valence-corrected chi connectivity index (χ4v) is 2.39. The number of benzene rings is 2. The zero-order chi connectivity index (χ0) is 20.4. The zero-order valence-corrected chi connectivity index (χ0v) is 15.7. The summed E-state index contributed by atoms with van der Waals surface area (Å²) in [6, 6.07) is 11.9. The molecule has 2 aromatic rings.